The van der Waals surface area contributed by atoms with Crippen LogP contribution in [0.5, 0.6) is 0 Å². The van der Waals surface area contributed by atoms with E-state index in [2.05, 4.69) is 54.1 Å². The van der Waals surface area contributed by atoms with Crippen molar-refractivity contribution in [2.75, 3.05) is 52.0 Å². The van der Waals surface area contributed by atoms with Crippen LogP contribution in [0.4, 0.5) is 14.9 Å². The van der Waals surface area contributed by atoms with Gasteiger partial charge in [0.05, 0.1) is 11.4 Å². The summed E-state index contributed by atoms with van der Waals surface area (Å²) in [5.74, 6) is 0.964. The van der Waals surface area contributed by atoms with Crippen molar-refractivity contribution in [3.8, 4) is 11.3 Å². The normalized spacial score (nSPS) is 19.4. The van der Waals surface area contributed by atoms with Crippen LogP contribution in [-0.2, 0) is 11.2 Å². The molecule has 0 bridgehead atoms. The number of hydrogen-bond acceptors (Lipinski definition) is 5. The van der Waals surface area contributed by atoms with Crippen LogP contribution in [0.1, 0.15) is 50.1 Å². The summed E-state index contributed by atoms with van der Waals surface area (Å²) in [6.45, 7) is 4.58. The minimum Gasteiger partial charge on any atom is -0.397 e. The number of hydrogen-bond donors (Lipinski definition) is 3. The van der Waals surface area contributed by atoms with Crippen molar-refractivity contribution in [2.45, 2.75) is 57.0 Å². The van der Waals surface area contributed by atoms with Crippen molar-refractivity contribution in [3.05, 3.63) is 73.4 Å². The van der Waals surface area contributed by atoms with Crippen LogP contribution in [0, 0.1) is 17.7 Å². The second kappa shape index (κ2) is 15.2. The summed E-state index contributed by atoms with van der Waals surface area (Å²) in [6, 6.07) is 8.70. The first-order chi connectivity index (χ1) is 23.0. The smallest absolute Gasteiger partial charge is 0.326 e. The van der Waals surface area contributed by atoms with Gasteiger partial charge in [0, 0.05) is 53.8 Å². The Hall–Kier alpha value is -3.16. The fourth-order valence-electron chi connectivity index (χ4n) is 7.55. The van der Waals surface area contributed by atoms with Crippen LogP contribution in [0.15, 0.2) is 56.3 Å². The monoisotopic (exact) mass is 787 g/mol. The molecule has 3 saturated heterocycles. The number of urea groups is 1. The number of carbonyl (C=O) groups excluding carboxylic acids is 2. The van der Waals surface area contributed by atoms with E-state index in [0.29, 0.717) is 62.7 Å². The molecular weight excluding hydrogens is 745 g/mol. The number of carbonyl (C=O) groups is 2. The number of H-pyrrole nitrogens is 1. The molecule has 3 fully saturated rings. The number of anilines is 1. The number of nitrogens with two attached hydrogens (primary N) is 1. The Balaban J connectivity index is 1.10. The molecule has 3 aliphatic heterocycles. The Morgan fingerprint density at radius 3 is 2.08 bits per heavy atom. The van der Waals surface area contributed by atoms with Gasteiger partial charge in [-0.1, -0.05) is 0 Å². The van der Waals surface area contributed by atoms with E-state index in [4.69, 9.17) is 5.73 Å². The van der Waals surface area contributed by atoms with Gasteiger partial charge in [-0.15, -0.1) is 0 Å². The summed E-state index contributed by atoms with van der Waals surface area (Å²) >= 11 is 7.04. The number of rotatable bonds is 7. The zero-order valence-electron chi connectivity index (χ0n) is 27.3. The summed E-state index contributed by atoms with van der Waals surface area (Å²) in [4.78, 5) is 49.5. The first-order valence-corrected chi connectivity index (χ1v) is 18.5. The lowest BCUT2D eigenvalue weighted by atomic mass is 9.79. The zero-order valence-corrected chi connectivity index (χ0v) is 30.4. The number of nitrogens with one attached hydrogen (secondary N) is 2. The zero-order chi connectivity index (χ0) is 33.9. The molecular formula is C35H44Br2FN7O3. The fourth-order valence-corrected chi connectivity index (χ4v) is 8.83. The molecule has 2 aromatic carbocycles. The number of imidazole rings is 1. The van der Waals surface area contributed by atoms with E-state index in [-0.39, 0.29) is 29.5 Å². The SMILES string of the molecule is CN1CCC(C2CCN(C(=O)[C@H](Cc3cc(Br)c(N)c(Br)c3)NC(=O)N3CCC(n4cc(-c5ccc(F)cc5)[nH]c4=O)CC3)CC2)CC1. The molecule has 1 aromatic heterocycles. The van der Waals surface area contributed by atoms with Crippen molar-refractivity contribution >= 4 is 49.5 Å². The largest absolute Gasteiger partial charge is 0.397 e. The number of nitrogens with zero attached hydrogens (tertiary/aromatic N) is 4. The fraction of sp³-hybridized carbons (Fsp3) is 0.514. The molecule has 13 heteroatoms. The highest BCUT2D eigenvalue weighted by molar-refractivity contribution is 9.11. The lowest BCUT2D eigenvalue weighted by Gasteiger charge is -2.40. The topological polar surface area (TPSA) is 120 Å². The standard InChI is InChI=1S/C35H44Br2FN7O3/c1-42-12-6-23(7-13-42)24-8-14-43(15-9-24)33(46)30(20-22-18-28(36)32(39)29(37)19-22)40-34(47)44-16-10-27(11-17-44)45-21-31(41-35(45)48)25-2-4-26(38)5-3-25/h2-5,18-19,21,23-24,27,30H,6-17,20,39H2,1H3,(H,40,47)(H,41,48)/t30-/m0/s1. The Labute approximate surface area is 297 Å². The summed E-state index contributed by atoms with van der Waals surface area (Å²) in [7, 11) is 2.18. The number of amides is 3. The summed E-state index contributed by atoms with van der Waals surface area (Å²) in [5, 5.41) is 3.08. The Bertz CT molecular complexity index is 1630. The average molecular weight is 790 g/mol. The summed E-state index contributed by atoms with van der Waals surface area (Å²) in [5.41, 5.74) is 8.71. The Kier molecular flexibility index (Phi) is 11.0. The number of piperidine rings is 3. The second-order valence-electron chi connectivity index (χ2n) is 13.6. The minimum absolute atomic E-state index is 0.0590. The van der Waals surface area contributed by atoms with Gasteiger partial charge in [-0.25, -0.2) is 14.0 Å². The third kappa shape index (κ3) is 8.00. The van der Waals surface area contributed by atoms with Crippen molar-refractivity contribution < 1.29 is 14.0 Å². The van der Waals surface area contributed by atoms with Crippen LogP contribution >= 0.6 is 31.9 Å². The summed E-state index contributed by atoms with van der Waals surface area (Å²) < 4.78 is 16.5. The third-order valence-corrected chi connectivity index (χ3v) is 11.8. The predicted octanol–water partition coefficient (Wildman–Crippen LogP) is 5.63. The molecule has 3 amide bonds. The van der Waals surface area contributed by atoms with E-state index < -0.39 is 6.04 Å². The third-order valence-electron chi connectivity index (χ3n) is 10.5. The van der Waals surface area contributed by atoms with E-state index in [0.717, 1.165) is 51.9 Å². The maximum Gasteiger partial charge on any atom is 0.326 e. The van der Waals surface area contributed by atoms with Gasteiger partial charge in [0.2, 0.25) is 5.91 Å². The molecule has 4 N–H and O–H groups in total. The molecule has 258 valence electrons. The van der Waals surface area contributed by atoms with Gasteiger partial charge < -0.3 is 30.7 Å². The second-order valence-corrected chi connectivity index (χ2v) is 15.3. The number of aromatic amines is 1. The number of likely N-dealkylation sites (tertiary alicyclic amines) is 3. The van der Waals surface area contributed by atoms with Crippen molar-refractivity contribution in [2.24, 2.45) is 11.8 Å². The van der Waals surface area contributed by atoms with Gasteiger partial charge in [-0.3, -0.25) is 9.36 Å². The lowest BCUT2D eigenvalue weighted by Crippen LogP contribution is -2.55. The van der Waals surface area contributed by atoms with E-state index in [9.17, 15) is 18.8 Å². The molecule has 0 radical (unpaired) electrons. The van der Waals surface area contributed by atoms with Gasteiger partial charge in [-0.2, -0.15) is 0 Å². The number of nitrogen functional groups attached to an aromatic ring is 1. The molecule has 3 aliphatic rings. The van der Waals surface area contributed by atoms with Gasteiger partial charge in [0.15, 0.2) is 0 Å². The Morgan fingerprint density at radius 2 is 1.48 bits per heavy atom. The quantitative estimate of drug-likeness (QED) is 0.269. The van der Waals surface area contributed by atoms with Crippen LogP contribution < -0.4 is 16.7 Å². The van der Waals surface area contributed by atoms with E-state index in [1.54, 1.807) is 27.8 Å². The molecule has 0 aliphatic carbocycles. The number of aromatic nitrogens is 2. The molecule has 0 saturated carbocycles. The van der Waals surface area contributed by atoms with Gasteiger partial charge in [0.25, 0.3) is 0 Å². The van der Waals surface area contributed by atoms with Crippen molar-refractivity contribution in [3.63, 3.8) is 0 Å². The lowest BCUT2D eigenvalue weighted by molar-refractivity contribution is -0.135. The van der Waals surface area contributed by atoms with Gasteiger partial charge in [0.1, 0.15) is 11.9 Å². The Morgan fingerprint density at radius 1 is 0.917 bits per heavy atom. The van der Waals surface area contributed by atoms with E-state index >= 15 is 0 Å². The molecule has 10 nitrogen and oxygen atoms in total. The van der Waals surface area contributed by atoms with Gasteiger partial charge in [-0.05, 0) is 150 Å². The first-order valence-electron chi connectivity index (χ1n) is 16.9. The molecule has 0 spiro atoms. The van der Waals surface area contributed by atoms with E-state index in [1.165, 1.54) is 25.0 Å². The molecule has 6 rings (SSSR count). The maximum absolute atomic E-state index is 14.1. The molecule has 4 heterocycles. The van der Waals surface area contributed by atoms with Crippen molar-refractivity contribution in [1.29, 1.82) is 0 Å². The van der Waals surface area contributed by atoms with Gasteiger partial charge >= 0.3 is 11.7 Å². The van der Waals surface area contributed by atoms with Crippen LogP contribution in [0.3, 0.4) is 0 Å². The maximum atomic E-state index is 14.1. The van der Waals surface area contributed by atoms with Crippen molar-refractivity contribution in [1.82, 2.24) is 29.6 Å². The molecule has 0 unspecified atom stereocenters. The average Bonchev–Trinajstić information content (AvgIpc) is 3.48. The highest BCUT2D eigenvalue weighted by Crippen LogP contribution is 2.33. The van der Waals surface area contributed by atoms with Crippen LogP contribution in [0.25, 0.3) is 11.3 Å². The number of halogens is 3. The minimum atomic E-state index is -0.733. The van der Waals surface area contributed by atoms with Crippen LogP contribution in [0.2, 0.25) is 0 Å². The van der Waals surface area contributed by atoms with E-state index in [1.807, 2.05) is 17.0 Å². The van der Waals surface area contributed by atoms with Crippen LogP contribution in [-0.4, -0.2) is 88.5 Å². The highest BCUT2D eigenvalue weighted by atomic mass is 79.9. The predicted molar refractivity (Wildman–Crippen MR) is 192 cm³/mol. The highest BCUT2D eigenvalue weighted by Gasteiger charge is 2.34. The molecule has 1 atom stereocenters. The summed E-state index contributed by atoms with van der Waals surface area (Å²) in [6.07, 6.45) is 7.72. The number of benzene rings is 2. The molecule has 3 aromatic rings. The molecule has 48 heavy (non-hydrogen) atoms. The first kappa shape index (κ1) is 34.7.